The first-order valence-corrected chi connectivity index (χ1v) is 5.57. The van der Waals surface area contributed by atoms with E-state index in [-0.39, 0.29) is 18.6 Å². The summed E-state index contributed by atoms with van der Waals surface area (Å²) in [6.45, 7) is 1.73. The summed E-state index contributed by atoms with van der Waals surface area (Å²) in [6, 6.07) is 0. The Morgan fingerprint density at radius 3 is 2.25 bits per heavy atom. The Morgan fingerprint density at radius 2 is 2.00 bits per heavy atom. The normalized spacial score (nSPS) is 20.4. The van der Waals surface area contributed by atoms with Gasteiger partial charge in [-0.25, -0.2) is 8.42 Å². The highest BCUT2D eigenvalue weighted by Crippen LogP contribution is 2.44. The van der Waals surface area contributed by atoms with Crippen LogP contribution in [0.1, 0.15) is 26.2 Å². The second-order valence-electron chi connectivity index (χ2n) is 3.12. The van der Waals surface area contributed by atoms with Crippen LogP contribution < -0.4 is 0 Å². The molecule has 0 amide bonds. The van der Waals surface area contributed by atoms with Gasteiger partial charge in [0, 0.05) is 0 Å². The van der Waals surface area contributed by atoms with Gasteiger partial charge in [0.15, 0.2) is 14.6 Å². The van der Waals surface area contributed by atoms with Gasteiger partial charge < -0.3 is 5.11 Å². The first-order chi connectivity index (χ1) is 5.46. The summed E-state index contributed by atoms with van der Waals surface area (Å²) in [4.78, 5) is 10.6. The summed E-state index contributed by atoms with van der Waals surface area (Å²) in [5, 5.41) is 8.69. The number of carboxylic acids is 1. The molecular weight excluding hydrogens is 180 g/mol. The Hall–Kier alpha value is -0.580. The monoisotopic (exact) mass is 192 g/mol. The quantitative estimate of drug-likeness (QED) is 0.701. The third kappa shape index (κ3) is 1.22. The minimum atomic E-state index is -3.40. The SMILES string of the molecule is CCCS(=O)(=O)C1(C(=O)O)CC1. The molecule has 0 aromatic carbocycles. The molecule has 0 bridgehead atoms. The van der Waals surface area contributed by atoms with Crippen LogP contribution >= 0.6 is 0 Å². The molecule has 0 atom stereocenters. The molecule has 5 heteroatoms. The number of sulfone groups is 1. The summed E-state index contributed by atoms with van der Waals surface area (Å²) in [6.07, 6.45) is 1.05. The van der Waals surface area contributed by atoms with E-state index in [1.165, 1.54) is 0 Å². The van der Waals surface area contributed by atoms with E-state index in [4.69, 9.17) is 5.11 Å². The third-order valence-corrected chi connectivity index (χ3v) is 4.88. The lowest BCUT2D eigenvalue weighted by Gasteiger charge is -2.09. The number of rotatable bonds is 4. The van der Waals surface area contributed by atoms with Crippen molar-refractivity contribution < 1.29 is 18.3 Å². The predicted molar refractivity (Wildman–Crippen MR) is 43.7 cm³/mol. The second-order valence-corrected chi connectivity index (χ2v) is 5.54. The van der Waals surface area contributed by atoms with Crippen LogP contribution in [-0.4, -0.2) is 30.0 Å². The van der Waals surface area contributed by atoms with Crippen molar-refractivity contribution in [2.75, 3.05) is 5.75 Å². The summed E-state index contributed by atoms with van der Waals surface area (Å²) < 4.78 is 21.3. The Labute approximate surface area is 71.5 Å². The molecule has 1 saturated carbocycles. The van der Waals surface area contributed by atoms with E-state index in [1.807, 2.05) is 0 Å². The van der Waals surface area contributed by atoms with Crippen molar-refractivity contribution in [1.82, 2.24) is 0 Å². The van der Waals surface area contributed by atoms with Gasteiger partial charge in [-0.15, -0.1) is 0 Å². The van der Waals surface area contributed by atoms with E-state index >= 15 is 0 Å². The van der Waals surface area contributed by atoms with Crippen molar-refractivity contribution in [2.24, 2.45) is 0 Å². The fourth-order valence-electron chi connectivity index (χ4n) is 1.24. The molecule has 1 fully saturated rings. The van der Waals surface area contributed by atoms with Crippen molar-refractivity contribution in [3.05, 3.63) is 0 Å². The largest absolute Gasteiger partial charge is 0.480 e. The van der Waals surface area contributed by atoms with Crippen LogP contribution in [0, 0.1) is 0 Å². The number of carboxylic acid groups (broad SMARTS) is 1. The van der Waals surface area contributed by atoms with Gasteiger partial charge in [0.25, 0.3) is 0 Å². The van der Waals surface area contributed by atoms with E-state index in [1.54, 1.807) is 6.92 Å². The van der Waals surface area contributed by atoms with Gasteiger partial charge in [0.05, 0.1) is 5.75 Å². The first-order valence-electron chi connectivity index (χ1n) is 3.92. The topological polar surface area (TPSA) is 71.4 Å². The molecule has 0 saturated heterocycles. The van der Waals surface area contributed by atoms with Gasteiger partial charge >= 0.3 is 5.97 Å². The zero-order valence-electron chi connectivity index (χ0n) is 6.91. The molecule has 0 aromatic rings. The maximum Gasteiger partial charge on any atom is 0.325 e. The zero-order chi connectivity index (χ0) is 9.41. The standard InChI is InChI=1S/C7H12O4S/c1-2-5-12(10,11)7(3-4-7)6(8)9/h2-5H2,1H3,(H,8,9). The number of hydrogen-bond acceptors (Lipinski definition) is 3. The average molecular weight is 192 g/mol. The third-order valence-electron chi connectivity index (χ3n) is 2.16. The van der Waals surface area contributed by atoms with Crippen molar-refractivity contribution in [3.8, 4) is 0 Å². The molecule has 0 radical (unpaired) electrons. The van der Waals surface area contributed by atoms with Crippen LogP contribution in [0.5, 0.6) is 0 Å². The molecule has 1 aliphatic carbocycles. The molecule has 0 spiro atoms. The first kappa shape index (κ1) is 9.51. The van der Waals surface area contributed by atoms with E-state index in [9.17, 15) is 13.2 Å². The van der Waals surface area contributed by atoms with Crippen molar-refractivity contribution >= 4 is 15.8 Å². The van der Waals surface area contributed by atoms with Gasteiger partial charge in [-0.1, -0.05) is 6.92 Å². The van der Waals surface area contributed by atoms with E-state index < -0.39 is 20.6 Å². The zero-order valence-corrected chi connectivity index (χ0v) is 7.73. The lowest BCUT2D eigenvalue weighted by atomic mass is 10.4. The summed E-state index contributed by atoms with van der Waals surface area (Å²) in [7, 11) is -3.40. The lowest BCUT2D eigenvalue weighted by Crippen LogP contribution is -2.34. The van der Waals surface area contributed by atoms with E-state index in [0.29, 0.717) is 6.42 Å². The van der Waals surface area contributed by atoms with Crippen LogP contribution in [0.3, 0.4) is 0 Å². The maximum atomic E-state index is 11.4. The van der Waals surface area contributed by atoms with E-state index in [0.717, 1.165) is 0 Å². The second kappa shape index (κ2) is 2.73. The molecule has 1 aliphatic rings. The van der Waals surface area contributed by atoms with Crippen molar-refractivity contribution in [3.63, 3.8) is 0 Å². The molecule has 0 aliphatic heterocycles. The van der Waals surface area contributed by atoms with Crippen LogP contribution in [-0.2, 0) is 14.6 Å². The van der Waals surface area contributed by atoms with Gasteiger partial charge in [0.1, 0.15) is 0 Å². The molecule has 70 valence electrons. The minimum Gasteiger partial charge on any atom is -0.480 e. The smallest absolute Gasteiger partial charge is 0.325 e. The molecule has 4 nitrogen and oxygen atoms in total. The Bertz CT molecular complexity index is 287. The van der Waals surface area contributed by atoms with Gasteiger partial charge in [-0.05, 0) is 19.3 Å². The van der Waals surface area contributed by atoms with E-state index in [2.05, 4.69) is 0 Å². The molecule has 0 aromatic heterocycles. The highest BCUT2D eigenvalue weighted by atomic mass is 32.2. The van der Waals surface area contributed by atoms with Crippen LogP contribution in [0.15, 0.2) is 0 Å². The van der Waals surface area contributed by atoms with Gasteiger partial charge in [-0.3, -0.25) is 4.79 Å². The molecule has 0 heterocycles. The fourth-order valence-corrected chi connectivity index (χ4v) is 3.15. The number of hydrogen-bond donors (Lipinski definition) is 1. The average Bonchev–Trinajstić information content (AvgIpc) is 2.64. The number of carbonyl (C=O) groups is 1. The molecule has 1 rings (SSSR count). The number of aliphatic carboxylic acids is 1. The molecule has 12 heavy (non-hydrogen) atoms. The fraction of sp³-hybridized carbons (Fsp3) is 0.857. The van der Waals surface area contributed by atoms with Crippen molar-refractivity contribution in [2.45, 2.75) is 30.9 Å². The molecular formula is C7H12O4S. The highest BCUT2D eigenvalue weighted by Gasteiger charge is 2.60. The van der Waals surface area contributed by atoms with Crippen molar-refractivity contribution in [1.29, 1.82) is 0 Å². The molecule has 1 N–H and O–H groups in total. The maximum absolute atomic E-state index is 11.4. The minimum absolute atomic E-state index is 0.0146. The predicted octanol–water partition coefficient (Wildman–Crippen LogP) is 0.428. The Morgan fingerprint density at radius 1 is 1.50 bits per heavy atom. The van der Waals surface area contributed by atoms with Crippen LogP contribution in [0.2, 0.25) is 0 Å². The van der Waals surface area contributed by atoms with Gasteiger partial charge in [0.2, 0.25) is 0 Å². The molecule has 0 unspecified atom stereocenters. The Balaban J connectivity index is 2.89. The lowest BCUT2D eigenvalue weighted by molar-refractivity contribution is -0.137. The van der Waals surface area contributed by atoms with Crippen LogP contribution in [0.25, 0.3) is 0 Å². The Kier molecular flexibility index (Phi) is 2.16. The summed E-state index contributed by atoms with van der Waals surface area (Å²) >= 11 is 0. The van der Waals surface area contributed by atoms with Gasteiger partial charge in [-0.2, -0.15) is 0 Å². The summed E-state index contributed by atoms with van der Waals surface area (Å²) in [5.41, 5.74) is 0. The van der Waals surface area contributed by atoms with Crippen LogP contribution in [0.4, 0.5) is 0 Å². The summed E-state index contributed by atoms with van der Waals surface area (Å²) in [5.74, 6) is -1.20. The highest BCUT2D eigenvalue weighted by molar-refractivity contribution is 7.93.